The van der Waals surface area contributed by atoms with Crippen LogP contribution in [-0.2, 0) is 14.1 Å². The number of aromatic nitrogens is 3. The van der Waals surface area contributed by atoms with Gasteiger partial charge in [-0.2, -0.15) is 0 Å². The predicted molar refractivity (Wildman–Crippen MR) is 92.8 cm³/mol. The van der Waals surface area contributed by atoms with Gasteiger partial charge in [-0.25, -0.2) is 0 Å². The number of hydrogen-bond donors (Lipinski definition) is 2. The van der Waals surface area contributed by atoms with E-state index in [0.29, 0.717) is 0 Å². The van der Waals surface area contributed by atoms with Gasteiger partial charge in [0.2, 0.25) is 0 Å². The molecule has 0 unspecified atom stereocenters. The molecule has 6 nitrogen and oxygen atoms in total. The van der Waals surface area contributed by atoms with E-state index in [9.17, 15) is 9.59 Å². The molecular weight excluding hydrogens is 294 g/mol. The lowest BCUT2D eigenvalue weighted by Gasteiger charge is -2.08. The van der Waals surface area contributed by atoms with Gasteiger partial charge in [-0.15, -0.1) is 0 Å². The van der Waals surface area contributed by atoms with Crippen LogP contribution in [0.2, 0.25) is 0 Å². The Bertz CT molecular complexity index is 874. The number of benzene rings is 1. The maximum absolute atomic E-state index is 11.4. The van der Waals surface area contributed by atoms with Crippen LogP contribution >= 0.6 is 0 Å². The van der Waals surface area contributed by atoms with E-state index in [0.717, 1.165) is 29.3 Å². The van der Waals surface area contributed by atoms with E-state index in [1.807, 2.05) is 62.1 Å². The summed E-state index contributed by atoms with van der Waals surface area (Å²) >= 11 is 0. The monoisotopic (exact) mass is 317 g/mol. The van der Waals surface area contributed by atoms with Gasteiger partial charge < -0.3 is 19.2 Å². The van der Waals surface area contributed by atoms with E-state index in [2.05, 4.69) is 4.98 Å². The number of nitrogens with one attached hydrogen (secondary N) is 1. The van der Waals surface area contributed by atoms with Crippen molar-refractivity contribution in [2.45, 2.75) is 13.8 Å². The summed E-state index contributed by atoms with van der Waals surface area (Å²) in [5, 5.41) is 7.00. The van der Waals surface area contributed by atoms with E-state index in [1.165, 1.54) is 4.57 Å². The Morgan fingerprint density at radius 1 is 1.00 bits per heavy atom. The van der Waals surface area contributed by atoms with Crippen LogP contribution in [-0.4, -0.2) is 26.3 Å². The second-order valence-electron chi connectivity index (χ2n) is 5.07. The molecule has 0 aliphatic carbocycles. The van der Waals surface area contributed by atoms with Gasteiger partial charge in [0.1, 0.15) is 0 Å². The van der Waals surface area contributed by atoms with Gasteiger partial charge in [-0.05, 0) is 43.2 Å². The molecule has 124 valence electrons. The molecule has 3 aromatic rings. The number of H-pyrrole nitrogens is 1. The molecule has 6 heteroatoms. The molecular formula is C17H23N3O3. The summed E-state index contributed by atoms with van der Waals surface area (Å²) < 4.78 is 3.38. The van der Waals surface area contributed by atoms with Crippen molar-refractivity contribution in [1.29, 1.82) is 0 Å². The molecule has 0 aliphatic rings. The van der Waals surface area contributed by atoms with Crippen LogP contribution < -0.4 is 11.1 Å². The molecule has 0 aliphatic heterocycles. The topological polar surface area (TPSA) is 80.0 Å². The zero-order valence-electron chi connectivity index (χ0n) is 14.1. The normalized spacial score (nSPS) is 9.65. The van der Waals surface area contributed by atoms with Crippen LogP contribution in [0.1, 0.15) is 11.1 Å². The lowest BCUT2D eigenvalue weighted by Crippen LogP contribution is -2.35. The highest BCUT2D eigenvalue weighted by Gasteiger charge is 2.06. The molecule has 2 N–H and O–H groups in total. The Morgan fingerprint density at radius 2 is 1.57 bits per heavy atom. The number of rotatable bonds is 0. The van der Waals surface area contributed by atoms with Crippen LogP contribution in [0.3, 0.4) is 0 Å². The largest absolute Gasteiger partial charge is 0.400 e. The predicted octanol–water partition coefficient (Wildman–Crippen LogP) is 1.48. The molecule has 2 heterocycles. The maximum atomic E-state index is 11.4. The summed E-state index contributed by atoms with van der Waals surface area (Å²) in [4.78, 5) is 25.3. The summed E-state index contributed by atoms with van der Waals surface area (Å²) in [5.41, 5.74) is 2.49. The van der Waals surface area contributed by atoms with Crippen LogP contribution in [0.5, 0.6) is 0 Å². The van der Waals surface area contributed by atoms with Gasteiger partial charge in [0, 0.05) is 33.6 Å². The molecule has 23 heavy (non-hydrogen) atoms. The summed E-state index contributed by atoms with van der Waals surface area (Å²) in [6.45, 7) is 3.90. The van der Waals surface area contributed by atoms with Gasteiger partial charge in [0.15, 0.2) is 0 Å². The van der Waals surface area contributed by atoms with Gasteiger partial charge >= 0.3 is 11.1 Å². The third-order valence-electron chi connectivity index (χ3n) is 3.57. The van der Waals surface area contributed by atoms with Crippen molar-refractivity contribution in [2.24, 2.45) is 14.1 Å². The first-order valence-corrected chi connectivity index (χ1v) is 7.12. The van der Waals surface area contributed by atoms with Crippen molar-refractivity contribution in [3.8, 4) is 0 Å². The smallest absolute Gasteiger partial charge is 0.316 e. The summed E-state index contributed by atoms with van der Waals surface area (Å²) in [6, 6.07) is 7.78. The van der Waals surface area contributed by atoms with Gasteiger partial charge in [-0.1, -0.05) is 6.07 Å². The first-order valence-electron chi connectivity index (χ1n) is 7.12. The lowest BCUT2D eigenvalue weighted by molar-refractivity contribution is 0.399. The third kappa shape index (κ3) is 4.20. The molecule has 3 rings (SSSR count). The Balaban J connectivity index is 0.000000276. The zero-order chi connectivity index (χ0) is 17.6. The van der Waals surface area contributed by atoms with Gasteiger partial charge in [-0.3, -0.25) is 9.59 Å². The van der Waals surface area contributed by atoms with Crippen molar-refractivity contribution in [2.75, 3.05) is 7.11 Å². The van der Waals surface area contributed by atoms with E-state index < -0.39 is 11.1 Å². The minimum Gasteiger partial charge on any atom is -0.400 e. The third-order valence-corrected chi connectivity index (χ3v) is 3.57. The molecule has 0 spiro atoms. The SMILES string of the molecule is CO.Cc1ccc2c([nH]c(=O)c(=O)n2C)c1C.Cn1cccc1. The molecule has 2 aromatic heterocycles. The van der Waals surface area contributed by atoms with Gasteiger partial charge in [0.05, 0.1) is 11.0 Å². The number of aliphatic hydroxyl groups excluding tert-OH is 1. The zero-order valence-corrected chi connectivity index (χ0v) is 14.1. The Labute approximate surface area is 134 Å². The fourth-order valence-electron chi connectivity index (χ4n) is 2.09. The van der Waals surface area contributed by atoms with Crippen LogP contribution in [0.25, 0.3) is 11.0 Å². The van der Waals surface area contributed by atoms with Crippen LogP contribution in [0.4, 0.5) is 0 Å². The highest BCUT2D eigenvalue weighted by atomic mass is 16.2. The molecule has 0 fully saturated rings. The fourth-order valence-corrected chi connectivity index (χ4v) is 2.09. The Morgan fingerprint density at radius 3 is 2.04 bits per heavy atom. The molecule has 0 amide bonds. The summed E-state index contributed by atoms with van der Waals surface area (Å²) in [6.07, 6.45) is 4.00. The van der Waals surface area contributed by atoms with Crippen molar-refractivity contribution in [3.05, 3.63) is 68.5 Å². The maximum Gasteiger partial charge on any atom is 0.316 e. The molecule has 0 saturated carbocycles. The number of nitrogens with zero attached hydrogens (tertiary/aromatic N) is 2. The van der Waals surface area contributed by atoms with Crippen LogP contribution in [0, 0.1) is 13.8 Å². The van der Waals surface area contributed by atoms with Crippen molar-refractivity contribution in [3.63, 3.8) is 0 Å². The van der Waals surface area contributed by atoms with Gasteiger partial charge in [0.25, 0.3) is 0 Å². The molecule has 0 atom stereocenters. The number of fused-ring (bicyclic) bond motifs is 1. The van der Waals surface area contributed by atoms with E-state index in [-0.39, 0.29) is 0 Å². The van der Waals surface area contributed by atoms with Crippen molar-refractivity contribution < 1.29 is 5.11 Å². The first-order chi connectivity index (χ1) is 10.9. The molecule has 1 aromatic carbocycles. The Hall–Kier alpha value is -2.60. The minimum atomic E-state index is -0.571. The van der Waals surface area contributed by atoms with Crippen molar-refractivity contribution in [1.82, 2.24) is 14.1 Å². The van der Waals surface area contributed by atoms with E-state index in [1.54, 1.807) is 7.05 Å². The Kier molecular flexibility index (Phi) is 6.53. The highest BCUT2D eigenvalue weighted by Crippen LogP contribution is 2.16. The molecule has 0 bridgehead atoms. The standard InChI is InChI=1S/C11H12N2O2.C5H7N.CH4O/c1-6-4-5-8-9(7(6)2)12-10(14)11(15)13(8)3;1-6-4-2-3-5-6;1-2/h4-5H,1-3H3,(H,12,14);2-5H,1H3;2H,1H3. The molecule has 0 saturated heterocycles. The van der Waals surface area contributed by atoms with E-state index >= 15 is 0 Å². The minimum absolute atomic E-state index is 0.522. The quantitative estimate of drug-likeness (QED) is 0.616. The average molecular weight is 317 g/mol. The first kappa shape index (κ1) is 18.4. The van der Waals surface area contributed by atoms with Crippen LogP contribution in [0.15, 0.2) is 46.2 Å². The average Bonchev–Trinajstić information content (AvgIpc) is 3.03. The summed E-state index contributed by atoms with van der Waals surface area (Å²) in [5.74, 6) is 0. The fraction of sp³-hybridized carbons (Fsp3) is 0.294. The molecule has 0 radical (unpaired) electrons. The highest BCUT2D eigenvalue weighted by molar-refractivity contribution is 5.79. The van der Waals surface area contributed by atoms with Crippen molar-refractivity contribution >= 4 is 11.0 Å². The lowest BCUT2D eigenvalue weighted by atomic mass is 10.1. The number of hydrogen-bond acceptors (Lipinski definition) is 3. The number of aliphatic hydroxyl groups is 1. The number of aryl methyl sites for hydroxylation is 4. The summed E-state index contributed by atoms with van der Waals surface area (Å²) in [7, 11) is 4.61. The number of aromatic amines is 1. The second-order valence-corrected chi connectivity index (χ2v) is 5.07. The van der Waals surface area contributed by atoms with E-state index in [4.69, 9.17) is 5.11 Å². The second kappa shape index (κ2) is 8.14.